The third kappa shape index (κ3) is 3.72. The zero-order valence-electron chi connectivity index (χ0n) is 14.0. The highest BCUT2D eigenvalue weighted by Crippen LogP contribution is 2.38. The van der Waals surface area contributed by atoms with Crippen LogP contribution in [0.3, 0.4) is 0 Å². The minimum absolute atomic E-state index is 0.0538. The second-order valence-corrected chi connectivity index (χ2v) is 8.18. The number of ether oxygens (including phenoxy) is 2. The molecule has 4 nitrogen and oxygen atoms in total. The van der Waals surface area contributed by atoms with Gasteiger partial charge in [-0.15, -0.1) is 0 Å². The van der Waals surface area contributed by atoms with Crippen molar-refractivity contribution < 1.29 is 14.3 Å². The molecule has 0 aliphatic carbocycles. The van der Waals surface area contributed by atoms with E-state index in [0.29, 0.717) is 6.61 Å². The van der Waals surface area contributed by atoms with Crippen molar-refractivity contribution in [1.29, 1.82) is 0 Å². The van der Waals surface area contributed by atoms with E-state index in [-0.39, 0.29) is 18.2 Å². The van der Waals surface area contributed by atoms with Crippen LogP contribution < -0.4 is 0 Å². The number of hydrogen-bond acceptors (Lipinski definition) is 3. The Hall–Kier alpha value is -1.07. The van der Waals surface area contributed by atoms with Crippen LogP contribution in [-0.4, -0.2) is 35.8 Å². The Kier molecular flexibility index (Phi) is 4.70. The molecule has 0 spiro atoms. The molecule has 2 heterocycles. The number of benzene rings is 1. The van der Waals surface area contributed by atoms with Crippen LogP contribution in [0.1, 0.15) is 50.8 Å². The van der Waals surface area contributed by atoms with Crippen molar-refractivity contribution >= 4 is 22.0 Å². The number of fused-ring (bicyclic) bond motifs is 1. The molecule has 126 valence electrons. The van der Waals surface area contributed by atoms with Gasteiger partial charge in [-0.25, -0.2) is 4.79 Å². The Labute approximate surface area is 146 Å². The van der Waals surface area contributed by atoms with Crippen molar-refractivity contribution in [3.63, 3.8) is 0 Å². The van der Waals surface area contributed by atoms with Gasteiger partial charge in [0.1, 0.15) is 11.7 Å². The minimum atomic E-state index is -0.472. The Balaban J connectivity index is 1.83. The lowest BCUT2D eigenvalue weighted by atomic mass is 9.92. The van der Waals surface area contributed by atoms with Crippen LogP contribution in [-0.2, 0) is 15.9 Å². The monoisotopic (exact) mass is 381 g/mol. The van der Waals surface area contributed by atoms with Gasteiger partial charge in [0, 0.05) is 11.0 Å². The number of hydrogen-bond donors (Lipinski definition) is 0. The van der Waals surface area contributed by atoms with Crippen LogP contribution in [0.4, 0.5) is 4.79 Å². The number of rotatable bonds is 1. The van der Waals surface area contributed by atoms with E-state index in [1.165, 1.54) is 11.1 Å². The summed E-state index contributed by atoms with van der Waals surface area (Å²) in [6, 6.07) is 6.39. The van der Waals surface area contributed by atoms with Gasteiger partial charge in [0.25, 0.3) is 0 Å². The smallest absolute Gasteiger partial charge is 0.410 e. The molecule has 2 aliphatic heterocycles. The van der Waals surface area contributed by atoms with Crippen molar-refractivity contribution in [2.24, 2.45) is 0 Å². The molecule has 0 bridgehead atoms. The molecule has 1 amide bonds. The van der Waals surface area contributed by atoms with Crippen molar-refractivity contribution in [3.8, 4) is 0 Å². The Morgan fingerprint density at radius 3 is 2.91 bits per heavy atom. The number of nitrogens with zero attached hydrogens (tertiary/aromatic N) is 1. The average Bonchev–Trinajstić information content (AvgIpc) is 2.93. The number of carbonyl (C=O) groups excluding carboxylic acids is 1. The fourth-order valence-electron chi connectivity index (χ4n) is 3.43. The lowest BCUT2D eigenvalue weighted by Crippen LogP contribution is -2.43. The van der Waals surface area contributed by atoms with Gasteiger partial charge in [0.2, 0.25) is 0 Å². The molecule has 0 saturated carbocycles. The van der Waals surface area contributed by atoms with Crippen LogP contribution in [0.5, 0.6) is 0 Å². The van der Waals surface area contributed by atoms with Crippen molar-refractivity contribution in [3.05, 3.63) is 33.8 Å². The Morgan fingerprint density at radius 1 is 1.39 bits per heavy atom. The fourth-order valence-corrected chi connectivity index (χ4v) is 3.84. The van der Waals surface area contributed by atoms with Gasteiger partial charge in [-0.1, -0.05) is 22.0 Å². The van der Waals surface area contributed by atoms with Crippen molar-refractivity contribution in [2.75, 3.05) is 13.2 Å². The lowest BCUT2D eigenvalue weighted by Gasteiger charge is -2.36. The zero-order valence-corrected chi connectivity index (χ0v) is 15.6. The Bertz CT molecular complexity index is 596. The molecule has 2 aliphatic rings. The van der Waals surface area contributed by atoms with E-state index in [9.17, 15) is 4.79 Å². The van der Waals surface area contributed by atoms with E-state index in [4.69, 9.17) is 9.47 Å². The third-order valence-corrected chi connectivity index (χ3v) is 4.85. The summed E-state index contributed by atoms with van der Waals surface area (Å²) >= 11 is 3.54. The first-order valence-corrected chi connectivity index (χ1v) is 9.04. The molecule has 1 fully saturated rings. The summed E-state index contributed by atoms with van der Waals surface area (Å²) in [5, 5.41) is 0. The summed E-state index contributed by atoms with van der Waals surface area (Å²) in [6.07, 6.45) is 2.59. The summed E-state index contributed by atoms with van der Waals surface area (Å²) in [5.74, 6) is 0. The van der Waals surface area contributed by atoms with Gasteiger partial charge in [0.15, 0.2) is 0 Å². The highest BCUT2D eigenvalue weighted by atomic mass is 79.9. The van der Waals surface area contributed by atoms with Gasteiger partial charge >= 0.3 is 6.09 Å². The molecule has 23 heavy (non-hydrogen) atoms. The number of amides is 1. The normalized spacial score (nSPS) is 24.4. The Morgan fingerprint density at radius 2 is 2.17 bits per heavy atom. The zero-order chi connectivity index (χ0) is 16.6. The third-order valence-electron chi connectivity index (χ3n) is 4.36. The topological polar surface area (TPSA) is 38.8 Å². The van der Waals surface area contributed by atoms with Crippen molar-refractivity contribution in [2.45, 2.75) is 57.8 Å². The predicted molar refractivity (Wildman–Crippen MR) is 92.5 cm³/mol. The van der Waals surface area contributed by atoms with Crippen LogP contribution in [0.2, 0.25) is 0 Å². The van der Waals surface area contributed by atoms with Crippen LogP contribution >= 0.6 is 15.9 Å². The number of carbonyl (C=O) groups is 1. The van der Waals surface area contributed by atoms with E-state index in [1.54, 1.807) is 0 Å². The summed E-state index contributed by atoms with van der Waals surface area (Å²) in [5.41, 5.74) is 2.05. The molecule has 2 atom stereocenters. The first kappa shape index (κ1) is 16.8. The van der Waals surface area contributed by atoms with Crippen LogP contribution in [0, 0.1) is 0 Å². The largest absolute Gasteiger partial charge is 0.444 e. The van der Waals surface area contributed by atoms with Gasteiger partial charge in [0.05, 0.1) is 12.6 Å². The summed E-state index contributed by atoms with van der Waals surface area (Å²) < 4.78 is 12.7. The molecule has 5 heteroatoms. The first-order valence-electron chi connectivity index (χ1n) is 8.25. The van der Waals surface area contributed by atoms with E-state index in [0.717, 1.165) is 30.3 Å². The summed E-state index contributed by atoms with van der Waals surface area (Å²) in [6.45, 7) is 7.15. The van der Waals surface area contributed by atoms with Crippen molar-refractivity contribution in [1.82, 2.24) is 4.90 Å². The molecule has 1 unspecified atom stereocenters. The summed E-state index contributed by atoms with van der Waals surface area (Å²) in [7, 11) is 0. The molecular weight excluding hydrogens is 358 g/mol. The number of halogens is 1. The highest BCUT2D eigenvalue weighted by molar-refractivity contribution is 9.10. The fraction of sp³-hybridized carbons (Fsp3) is 0.611. The standard InChI is InChI=1S/C18H24BrNO3/c1-18(2,3)23-17(21)20-9-4-5-15(20)16-14-7-6-13(19)11-12(14)8-10-22-16/h6-7,11,15-16H,4-5,8-10H2,1-3H3/t15?,16-/m0/s1. The lowest BCUT2D eigenvalue weighted by molar-refractivity contribution is -0.0265. The molecule has 1 aromatic carbocycles. The van der Waals surface area contributed by atoms with Gasteiger partial charge in [-0.2, -0.15) is 0 Å². The van der Waals surface area contributed by atoms with E-state index in [2.05, 4.69) is 28.1 Å². The number of likely N-dealkylation sites (tertiary alicyclic amines) is 1. The van der Waals surface area contributed by atoms with E-state index in [1.807, 2.05) is 31.7 Å². The molecule has 3 rings (SSSR count). The summed E-state index contributed by atoms with van der Waals surface area (Å²) in [4.78, 5) is 14.4. The highest BCUT2D eigenvalue weighted by Gasteiger charge is 2.40. The van der Waals surface area contributed by atoms with E-state index >= 15 is 0 Å². The molecule has 1 saturated heterocycles. The van der Waals surface area contributed by atoms with Gasteiger partial charge in [-0.05, 0) is 63.3 Å². The van der Waals surface area contributed by atoms with E-state index < -0.39 is 5.60 Å². The first-order chi connectivity index (χ1) is 10.8. The van der Waals surface area contributed by atoms with Crippen LogP contribution in [0.15, 0.2) is 22.7 Å². The quantitative estimate of drug-likeness (QED) is 0.720. The minimum Gasteiger partial charge on any atom is -0.444 e. The maximum absolute atomic E-state index is 12.5. The molecular formula is C18H24BrNO3. The SMILES string of the molecule is CC(C)(C)OC(=O)N1CCCC1[C@H]1OCCc2cc(Br)ccc21. The second kappa shape index (κ2) is 6.44. The van der Waals surface area contributed by atoms with Gasteiger partial charge < -0.3 is 14.4 Å². The van der Waals surface area contributed by atoms with Gasteiger partial charge in [-0.3, -0.25) is 0 Å². The predicted octanol–water partition coefficient (Wildman–Crippen LogP) is 4.46. The molecule has 0 radical (unpaired) electrons. The average molecular weight is 382 g/mol. The molecule has 0 aromatic heterocycles. The second-order valence-electron chi connectivity index (χ2n) is 7.27. The molecule has 1 aromatic rings. The van der Waals surface area contributed by atoms with Crippen LogP contribution in [0.25, 0.3) is 0 Å². The molecule has 0 N–H and O–H groups in total. The maximum Gasteiger partial charge on any atom is 0.410 e. The maximum atomic E-state index is 12.5.